The maximum Gasteiger partial charge on any atom is 0.152 e. The molecule has 1 heterocycles. The summed E-state index contributed by atoms with van der Waals surface area (Å²) in [4.78, 5) is 4.19. The summed E-state index contributed by atoms with van der Waals surface area (Å²) in [5.41, 5.74) is 1.37. The fourth-order valence-corrected chi connectivity index (χ4v) is 2.05. The first-order valence-corrected chi connectivity index (χ1v) is 5.22. The van der Waals surface area contributed by atoms with Crippen molar-refractivity contribution >= 4 is 11.3 Å². The van der Waals surface area contributed by atoms with Crippen molar-refractivity contribution in [1.82, 2.24) is 4.98 Å². The summed E-state index contributed by atoms with van der Waals surface area (Å²) in [6.07, 6.45) is 0. The van der Waals surface area contributed by atoms with Crippen LogP contribution in [0.4, 0.5) is 0 Å². The van der Waals surface area contributed by atoms with E-state index in [1.54, 1.807) is 12.5 Å². The summed E-state index contributed by atoms with van der Waals surface area (Å²) in [5.74, 6) is 0.774. The van der Waals surface area contributed by atoms with Gasteiger partial charge >= 0.3 is 0 Å². The van der Waals surface area contributed by atoms with E-state index in [2.05, 4.69) is 4.98 Å². The Morgan fingerprint density at radius 3 is 2.87 bits per heavy atom. The van der Waals surface area contributed by atoms with Crippen molar-refractivity contribution in [3.05, 3.63) is 35.3 Å². The van der Waals surface area contributed by atoms with Crippen LogP contribution in [-0.4, -0.2) is 12.1 Å². The van der Waals surface area contributed by atoms with Crippen molar-refractivity contribution in [3.63, 3.8) is 0 Å². The molecule has 0 saturated heterocycles. The molecule has 15 heavy (non-hydrogen) atoms. The number of ether oxygens (including phenoxy) is 1. The molecule has 0 atom stereocenters. The average Bonchev–Trinajstić information content (AvgIpc) is 2.77. The lowest BCUT2D eigenvalue weighted by Gasteiger charge is -2.04. The quantitative estimate of drug-likeness (QED) is 0.775. The maximum atomic E-state index is 8.69. The number of hydrogen-bond acceptors (Lipinski definition) is 4. The van der Waals surface area contributed by atoms with E-state index in [1.807, 2.05) is 30.3 Å². The smallest absolute Gasteiger partial charge is 0.152 e. The lowest BCUT2D eigenvalue weighted by atomic mass is 10.2. The summed E-state index contributed by atoms with van der Waals surface area (Å²) in [5, 5.41) is 11.2. The summed E-state index contributed by atoms with van der Waals surface area (Å²) in [7, 11) is 1.62. The van der Waals surface area contributed by atoms with Crippen LogP contribution in [0.1, 0.15) is 5.69 Å². The first kappa shape index (κ1) is 9.69. The third kappa shape index (κ3) is 1.83. The van der Waals surface area contributed by atoms with Crippen LogP contribution in [0, 0.1) is 11.3 Å². The third-order valence-corrected chi connectivity index (χ3v) is 2.83. The van der Waals surface area contributed by atoms with E-state index in [1.165, 1.54) is 11.3 Å². The molecule has 0 saturated carbocycles. The van der Waals surface area contributed by atoms with Gasteiger partial charge in [0, 0.05) is 5.38 Å². The zero-order valence-corrected chi connectivity index (χ0v) is 8.91. The second kappa shape index (κ2) is 4.11. The van der Waals surface area contributed by atoms with Gasteiger partial charge in [-0.05, 0) is 12.1 Å². The second-order valence-corrected chi connectivity index (χ2v) is 3.71. The van der Waals surface area contributed by atoms with Crippen LogP contribution < -0.4 is 4.74 Å². The van der Waals surface area contributed by atoms with Crippen LogP contribution in [0.25, 0.3) is 10.6 Å². The molecule has 1 aromatic heterocycles. The number of aromatic nitrogens is 1. The molecule has 1 aromatic carbocycles. The molecule has 0 aliphatic heterocycles. The van der Waals surface area contributed by atoms with Crippen molar-refractivity contribution in [2.75, 3.05) is 7.11 Å². The molecule has 74 valence electrons. The molecule has 0 bridgehead atoms. The molecule has 0 spiro atoms. The molecular weight excluding hydrogens is 208 g/mol. The monoisotopic (exact) mass is 216 g/mol. The van der Waals surface area contributed by atoms with Gasteiger partial charge in [0.2, 0.25) is 0 Å². The Kier molecular flexibility index (Phi) is 2.66. The van der Waals surface area contributed by atoms with E-state index in [4.69, 9.17) is 10.00 Å². The number of benzene rings is 1. The van der Waals surface area contributed by atoms with Crippen molar-refractivity contribution < 1.29 is 4.74 Å². The predicted molar refractivity (Wildman–Crippen MR) is 58.8 cm³/mol. The second-order valence-electron chi connectivity index (χ2n) is 2.85. The van der Waals surface area contributed by atoms with Gasteiger partial charge in [-0.1, -0.05) is 12.1 Å². The molecule has 4 heteroatoms. The molecule has 0 aliphatic carbocycles. The van der Waals surface area contributed by atoms with Crippen LogP contribution >= 0.6 is 11.3 Å². The fraction of sp³-hybridized carbons (Fsp3) is 0.0909. The van der Waals surface area contributed by atoms with Crippen molar-refractivity contribution in [3.8, 4) is 22.4 Å². The Balaban J connectivity index is 2.49. The average molecular weight is 216 g/mol. The van der Waals surface area contributed by atoms with Gasteiger partial charge in [0.1, 0.15) is 16.8 Å². The Bertz CT molecular complexity index is 513. The van der Waals surface area contributed by atoms with E-state index in [-0.39, 0.29) is 0 Å². The lowest BCUT2D eigenvalue weighted by Crippen LogP contribution is -1.86. The van der Waals surface area contributed by atoms with Crippen LogP contribution in [0.3, 0.4) is 0 Å². The zero-order valence-electron chi connectivity index (χ0n) is 8.10. The molecule has 2 aromatic rings. The van der Waals surface area contributed by atoms with E-state index in [0.717, 1.165) is 16.3 Å². The van der Waals surface area contributed by atoms with Crippen LogP contribution in [-0.2, 0) is 0 Å². The van der Waals surface area contributed by atoms with Gasteiger partial charge in [-0.25, -0.2) is 4.98 Å². The van der Waals surface area contributed by atoms with E-state index >= 15 is 0 Å². The zero-order chi connectivity index (χ0) is 10.7. The first-order valence-electron chi connectivity index (χ1n) is 4.34. The summed E-state index contributed by atoms with van der Waals surface area (Å²) in [6, 6.07) is 9.65. The number of methoxy groups -OCH3 is 1. The minimum atomic E-state index is 0.445. The van der Waals surface area contributed by atoms with Gasteiger partial charge in [-0.3, -0.25) is 0 Å². The molecule has 0 radical (unpaired) electrons. The maximum absolute atomic E-state index is 8.69. The highest BCUT2D eigenvalue weighted by molar-refractivity contribution is 7.13. The van der Waals surface area contributed by atoms with Crippen LogP contribution in [0.5, 0.6) is 5.75 Å². The fourth-order valence-electron chi connectivity index (χ4n) is 1.27. The molecular formula is C11H8N2OS. The Morgan fingerprint density at radius 2 is 2.20 bits per heavy atom. The van der Waals surface area contributed by atoms with Gasteiger partial charge in [-0.15, -0.1) is 11.3 Å². The lowest BCUT2D eigenvalue weighted by molar-refractivity contribution is 0.416. The van der Waals surface area contributed by atoms with Gasteiger partial charge in [0.25, 0.3) is 0 Å². The predicted octanol–water partition coefficient (Wildman–Crippen LogP) is 2.69. The minimum Gasteiger partial charge on any atom is -0.496 e. The number of hydrogen-bond donors (Lipinski definition) is 0. The molecule has 0 unspecified atom stereocenters. The highest BCUT2D eigenvalue weighted by atomic mass is 32.1. The standard InChI is InChI=1S/C11H8N2OS/c1-14-10-5-3-2-4-9(10)11-13-8(6-12)7-15-11/h2-5,7H,1H3. The number of nitrogens with zero attached hydrogens (tertiary/aromatic N) is 2. The van der Waals surface area contributed by atoms with Crippen LogP contribution in [0.15, 0.2) is 29.6 Å². The van der Waals surface area contributed by atoms with Gasteiger partial charge in [0.05, 0.1) is 12.7 Å². The van der Waals surface area contributed by atoms with E-state index in [9.17, 15) is 0 Å². The molecule has 3 nitrogen and oxygen atoms in total. The van der Waals surface area contributed by atoms with Gasteiger partial charge < -0.3 is 4.74 Å². The van der Waals surface area contributed by atoms with Crippen LogP contribution in [0.2, 0.25) is 0 Å². The number of rotatable bonds is 2. The Labute approximate surface area is 91.6 Å². The largest absolute Gasteiger partial charge is 0.496 e. The van der Waals surface area contributed by atoms with Gasteiger partial charge in [-0.2, -0.15) is 5.26 Å². The summed E-state index contributed by atoms with van der Waals surface area (Å²) >= 11 is 1.44. The normalized spacial score (nSPS) is 9.60. The van der Waals surface area contributed by atoms with E-state index in [0.29, 0.717) is 5.69 Å². The highest BCUT2D eigenvalue weighted by Gasteiger charge is 2.08. The molecule has 0 fully saturated rings. The van der Waals surface area contributed by atoms with E-state index < -0.39 is 0 Å². The minimum absolute atomic E-state index is 0.445. The highest BCUT2D eigenvalue weighted by Crippen LogP contribution is 2.31. The van der Waals surface area contributed by atoms with Gasteiger partial charge in [0.15, 0.2) is 5.69 Å². The molecule has 2 rings (SSSR count). The first-order chi connectivity index (χ1) is 7.35. The number of para-hydroxylation sites is 1. The third-order valence-electron chi connectivity index (χ3n) is 1.96. The Hall–Kier alpha value is -1.86. The molecule has 0 N–H and O–H groups in total. The Morgan fingerprint density at radius 1 is 1.40 bits per heavy atom. The molecule has 0 amide bonds. The molecule has 0 aliphatic rings. The van der Waals surface area contributed by atoms with Crippen molar-refractivity contribution in [1.29, 1.82) is 5.26 Å². The summed E-state index contributed by atoms with van der Waals surface area (Å²) in [6.45, 7) is 0. The number of nitriles is 1. The summed E-state index contributed by atoms with van der Waals surface area (Å²) < 4.78 is 5.23. The number of thiazole rings is 1. The van der Waals surface area contributed by atoms with Crippen molar-refractivity contribution in [2.45, 2.75) is 0 Å². The SMILES string of the molecule is COc1ccccc1-c1nc(C#N)cs1. The topological polar surface area (TPSA) is 45.9 Å². The van der Waals surface area contributed by atoms with Crippen molar-refractivity contribution in [2.24, 2.45) is 0 Å².